The van der Waals surface area contributed by atoms with Gasteiger partial charge in [0.05, 0.1) is 6.54 Å². The molecule has 2 atom stereocenters. The highest BCUT2D eigenvalue weighted by molar-refractivity contribution is 7.99. The minimum atomic E-state index is -0.273. The van der Waals surface area contributed by atoms with Gasteiger partial charge in [-0.3, -0.25) is 14.9 Å². The van der Waals surface area contributed by atoms with Gasteiger partial charge >= 0.3 is 0 Å². The molecule has 0 aromatic rings. The van der Waals surface area contributed by atoms with Crippen molar-refractivity contribution >= 4 is 23.6 Å². The molecule has 0 aromatic carbocycles. The molecule has 2 aliphatic heterocycles. The fraction of sp³-hybridized carbons (Fsp3) is 0.800. The molecule has 6 heteroatoms. The van der Waals surface area contributed by atoms with Gasteiger partial charge in [-0.15, -0.1) is 0 Å². The number of carbonyl (C=O) groups is 2. The number of thioether (sulfide) groups is 1. The molecular formula is C10H17N3O2S. The van der Waals surface area contributed by atoms with Crippen molar-refractivity contribution in [1.82, 2.24) is 16.0 Å². The molecule has 0 saturated carbocycles. The molecule has 2 fully saturated rings. The summed E-state index contributed by atoms with van der Waals surface area (Å²) in [6.07, 6.45) is 2.24. The third kappa shape index (κ3) is 3.12. The Bertz CT molecular complexity index is 269. The standard InChI is InChI=1S/C10H17N3O2S/c14-9-5-11-8(4-12-9)10(15)13-7-2-1-3-16-6-7/h7-8,11H,1-6H2,(H,12,14)(H,13,15). The van der Waals surface area contributed by atoms with E-state index in [0.717, 1.165) is 12.2 Å². The second-order valence-corrected chi connectivity index (χ2v) is 5.31. The van der Waals surface area contributed by atoms with Crippen LogP contribution < -0.4 is 16.0 Å². The Morgan fingerprint density at radius 3 is 3.00 bits per heavy atom. The van der Waals surface area contributed by atoms with Crippen molar-refractivity contribution in [2.45, 2.75) is 24.9 Å². The van der Waals surface area contributed by atoms with Gasteiger partial charge in [0.15, 0.2) is 0 Å². The molecule has 2 amide bonds. The summed E-state index contributed by atoms with van der Waals surface area (Å²) in [7, 11) is 0. The number of amides is 2. The van der Waals surface area contributed by atoms with E-state index < -0.39 is 0 Å². The number of nitrogens with one attached hydrogen (secondary N) is 3. The first-order valence-corrected chi connectivity index (χ1v) is 6.79. The first-order chi connectivity index (χ1) is 7.75. The van der Waals surface area contributed by atoms with Crippen LogP contribution in [0.15, 0.2) is 0 Å². The maximum absolute atomic E-state index is 11.8. The molecule has 2 rings (SSSR count). The molecular weight excluding hydrogens is 226 g/mol. The fourth-order valence-electron chi connectivity index (χ4n) is 1.91. The number of hydrogen-bond donors (Lipinski definition) is 3. The maximum Gasteiger partial charge on any atom is 0.239 e. The molecule has 0 aromatic heterocycles. The van der Waals surface area contributed by atoms with Gasteiger partial charge in [0, 0.05) is 18.3 Å². The van der Waals surface area contributed by atoms with E-state index >= 15 is 0 Å². The molecule has 0 aliphatic carbocycles. The van der Waals surface area contributed by atoms with Crippen LogP contribution in [0.1, 0.15) is 12.8 Å². The maximum atomic E-state index is 11.8. The van der Waals surface area contributed by atoms with Crippen LogP contribution in [0.5, 0.6) is 0 Å². The van der Waals surface area contributed by atoms with Gasteiger partial charge in [0.2, 0.25) is 11.8 Å². The van der Waals surface area contributed by atoms with E-state index in [9.17, 15) is 9.59 Å². The summed E-state index contributed by atoms with van der Waals surface area (Å²) in [6, 6.07) is 0.0234. The van der Waals surface area contributed by atoms with Crippen molar-refractivity contribution in [3.05, 3.63) is 0 Å². The normalized spacial score (nSPS) is 30.6. The zero-order chi connectivity index (χ0) is 11.4. The SMILES string of the molecule is O=C1CNC(C(=O)NC2CCCSC2)CN1. The molecule has 5 nitrogen and oxygen atoms in total. The fourth-order valence-corrected chi connectivity index (χ4v) is 2.98. The average Bonchev–Trinajstić information content (AvgIpc) is 2.31. The molecule has 2 aliphatic rings. The zero-order valence-corrected chi connectivity index (χ0v) is 9.94. The minimum absolute atomic E-state index is 0.00694. The van der Waals surface area contributed by atoms with Crippen LogP contribution in [-0.4, -0.2) is 48.5 Å². The quantitative estimate of drug-likeness (QED) is 0.587. The number of rotatable bonds is 2. The second kappa shape index (κ2) is 5.54. The van der Waals surface area contributed by atoms with E-state index in [4.69, 9.17) is 0 Å². The Balaban J connectivity index is 1.76. The van der Waals surface area contributed by atoms with Gasteiger partial charge in [0.25, 0.3) is 0 Å². The smallest absolute Gasteiger partial charge is 0.239 e. The summed E-state index contributed by atoms with van der Waals surface area (Å²) >= 11 is 1.89. The van der Waals surface area contributed by atoms with Crippen LogP contribution in [0.2, 0.25) is 0 Å². The van der Waals surface area contributed by atoms with Crippen molar-refractivity contribution in [2.75, 3.05) is 24.6 Å². The summed E-state index contributed by atoms with van der Waals surface area (Å²) in [5.41, 5.74) is 0. The Morgan fingerprint density at radius 1 is 1.50 bits per heavy atom. The van der Waals surface area contributed by atoms with E-state index in [2.05, 4.69) is 16.0 Å². The molecule has 3 N–H and O–H groups in total. The predicted octanol–water partition coefficient (Wildman–Crippen LogP) is -0.914. The van der Waals surface area contributed by atoms with E-state index in [1.807, 2.05) is 11.8 Å². The van der Waals surface area contributed by atoms with Crippen LogP contribution in [-0.2, 0) is 9.59 Å². The third-order valence-corrected chi connectivity index (χ3v) is 4.05. The minimum Gasteiger partial charge on any atom is -0.353 e. The number of piperazine rings is 1. The predicted molar refractivity (Wildman–Crippen MR) is 63.3 cm³/mol. The molecule has 2 unspecified atom stereocenters. The van der Waals surface area contributed by atoms with Crippen molar-refractivity contribution < 1.29 is 9.59 Å². The lowest BCUT2D eigenvalue weighted by Crippen LogP contribution is -2.59. The van der Waals surface area contributed by atoms with Crippen molar-refractivity contribution in [3.63, 3.8) is 0 Å². The van der Waals surface area contributed by atoms with E-state index in [-0.39, 0.29) is 24.4 Å². The first-order valence-electron chi connectivity index (χ1n) is 5.64. The highest BCUT2D eigenvalue weighted by Gasteiger charge is 2.25. The van der Waals surface area contributed by atoms with E-state index in [1.165, 1.54) is 12.2 Å². The molecule has 16 heavy (non-hydrogen) atoms. The van der Waals surface area contributed by atoms with Crippen LogP contribution in [0, 0.1) is 0 Å². The van der Waals surface area contributed by atoms with Crippen molar-refractivity contribution in [1.29, 1.82) is 0 Å². The second-order valence-electron chi connectivity index (χ2n) is 4.16. The lowest BCUT2D eigenvalue weighted by molar-refractivity contribution is -0.126. The molecule has 0 spiro atoms. The topological polar surface area (TPSA) is 70.2 Å². The monoisotopic (exact) mass is 243 g/mol. The highest BCUT2D eigenvalue weighted by Crippen LogP contribution is 2.16. The largest absolute Gasteiger partial charge is 0.353 e. The van der Waals surface area contributed by atoms with Gasteiger partial charge in [-0.2, -0.15) is 11.8 Å². The van der Waals surface area contributed by atoms with E-state index in [0.29, 0.717) is 12.6 Å². The van der Waals surface area contributed by atoms with Crippen molar-refractivity contribution in [2.24, 2.45) is 0 Å². The lowest BCUT2D eigenvalue weighted by atomic mass is 10.1. The lowest BCUT2D eigenvalue weighted by Gasteiger charge is -2.27. The molecule has 0 radical (unpaired) electrons. The van der Waals surface area contributed by atoms with Gasteiger partial charge in [-0.05, 0) is 18.6 Å². The van der Waals surface area contributed by atoms with Gasteiger partial charge in [0.1, 0.15) is 6.04 Å². The van der Waals surface area contributed by atoms with E-state index in [1.54, 1.807) is 0 Å². The van der Waals surface area contributed by atoms with Gasteiger partial charge in [-0.25, -0.2) is 0 Å². The average molecular weight is 243 g/mol. The molecule has 2 saturated heterocycles. The van der Waals surface area contributed by atoms with Crippen LogP contribution in [0.25, 0.3) is 0 Å². The zero-order valence-electron chi connectivity index (χ0n) is 9.12. The summed E-state index contributed by atoms with van der Waals surface area (Å²) in [5, 5.41) is 8.64. The highest BCUT2D eigenvalue weighted by atomic mass is 32.2. The van der Waals surface area contributed by atoms with Crippen LogP contribution >= 0.6 is 11.8 Å². The van der Waals surface area contributed by atoms with Crippen molar-refractivity contribution in [3.8, 4) is 0 Å². The number of hydrogen-bond acceptors (Lipinski definition) is 4. The molecule has 90 valence electrons. The van der Waals surface area contributed by atoms with Gasteiger partial charge in [-0.1, -0.05) is 0 Å². The Hall–Kier alpha value is -0.750. The summed E-state index contributed by atoms with van der Waals surface area (Å²) in [4.78, 5) is 22.8. The summed E-state index contributed by atoms with van der Waals surface area (Å²) in [6.45, 7) is 0.627. The van der Waals surface area contributed by atoms with Crippen LogP contribution in [0.3, 0.4) is 0 Å². The number of carbonyl (C=O) groups excluding carboxylic acids is 2. The third-order valence-electron chi connectivity index (χ3n) is 2.84. The van der Waals surface area contributed by atoms with Gasteiger partial charge < -0.3 is 10.6 Å². The molecule has 0 bridgehead atoms. The summed E-state index contributed by atoms with van der Waals surface area (Å²) in [5.74, 6) is 2.17. The Kier molecular flexibility index (Phi) is 4.06. The first kappa shape index (κ1) is 11.7. The van der Waals surface area contributed by atoms with Crippen LogP contribution in [0.4, 0.5) is 0 Å². The molecule has 2 heterocycles. The Labute approximate surface area is 99.1 Å². The Morgan fingerprint density at radius 2 is 2.38 bits per heavy atom. The summed E-state index contributed by atoms with van der Waals surface area (Å²) < 4.78 is 0.